The van der Waals surface area contributed by atoms with Crippen molar-refractivity contribution < 1.29 is 14.6 Å². The number of rotatable bonds is 7. The minimum absolute atomic E-state index is 0.215. The third kappa shape index (κ3) is 4.11. The van der Waals surface area contributed by atoms with E-state index in [0.717, 1.165) is 10.6 Å². The van der Waals surface area contributed by atoms with Gasteiger partial charge in [-0.05, 0) is 17.9 Å². The number of methoxy groups -OCH3 is 1. The van der Waals surface area contributed by atoms with Crippen LogP contribution < -0.4 is 5.32 Å². The van der Waals surface area contributed by atoms with Gasteiger partial charge in [0.05, 0.1) is 12.7 Å². The predicted molar refractivity (Wildman–Crippen MR) is 80.3 cm³/mol. The molecule has 0 fully saturated rings. The Labute approximate surface area is 125 Å². The molecule has 2 aromatic heterocycles. The normalized spacial score (nSPS) is 12.3. The van der Waals surface area contributed by atoms with Gasteiger partial charge >= 0.3 is 0 Å². The number of aromatic nitrogens is 1. The van der Waals surface area contributed by atoms with Gasteiger partial charge in [0.1, 0.15) is 10.7 Å². The molecule has 0 aliphatic rings. The lowest BCUT2D eigenvalue weighted by Crippen LogP contribution is -2.28. The number of aliphatic hydroxyl groups excluding tert-OH is 1. The van der Waals surface area contributed by atoms with E-state index in [1.165, 1.54) is 18.4 Å². The number of nitrogens with one attached hydrogen (secondary N) is 1. The highest BCUT2D eigenvalue weighted by Gasteiger charge is 2.12. The fourth-order valence-corrected chi connectivity index (χ4v) is 3.13. The summed E-state index contributed by atoms with van der Waals surface area (Å²) in [5, 5.41) is 18.8. The highest BCUT2D eigenvalue weighted by atomic mass is 32.1. The van der Waals surface area contributed by atoms with Gasteiger partial charge in [0.25, 0.3) is 5.91 Å². The zero-order valence-corrected chi connectivity index (χ0v) is 12.7. The second-order valence-corrected chi connectivity index (χ2v) is 5.84. The van der Waals surface area contributed by atoms with Crippen LogP contribution in [0.15, 0.2) is 22.2 Å². The molecule has 108 valence electrons. The highest BCUT2D eigenvalue weighted by molar-refractivity contribution is 7.14. The molecule has 7 heteroatoms. The fraction of sp³-hybridized carbons (Fsp3) is 0.385. The van der Waals surface area contributed by atoms with Crippen LogP contribution >= 0.6 is 22.7 Å². The first-order valence-corrected chi connectivity index (χ1v) is 7.96. The summed E-state index contributed by atoms with van der Waals surface area (Å²) in [4.78, 5) is 16.2. The number of carbonyl (C=O) groups is 1. The molecular weight excluding hydrogens is 296 g/mol. The zero-order chi connectivity index (χ0) is 14.4. The van der Waals surface area contributed by atoms with Crippen LogP contribution in [0.2, 0.25) is 0 Å². The summed E-state index contributed by atoms with van der Waals surface area (Å²) in [6.07, 6.45) is -0.0988. The molecule has 0 bridgehead atoms. The monoisotopic (exact) mass is 312 g/mol. The Kier molecular flexibility index (Phi) is 5.66. The highest BCUT2D eigenvalue weighted by Crippen LogP contribution is 2.25. The van der Waals surface area contributed by atoms with Crippen molar-refractivity contribution in [2.45, 2.75) is 12.5 Å². The lowest BCUT2D eigenvalue weighted by atomic mass is 10.2. The number of ether oxygens (including phenoxy) is 1. The minimum atomic E-state index is -0.558. The van der Waals surface area contributed by atoms with E-state index in [1.807, 2.05) is 16.8 Å². The van der Waals surface area contributed by atoms with Crippen LogP contribution in [0.25, 0.3) is 10.6 Å². The average molecular weight is 312 g/mol. The van der Waals surface area contributed by atoms with Gasteiger partial charge in [-0.2, -0.15) is 11.3 Å². The standard InChI is InChI=1S/C13H16N2O3S2/c1-18-6-10(16)2-4-14-12(17)11-8-20-13(15-11)9-3-5-19-7-9/h3,5,7-8,10,16H,2,4,6H2,1H3,(H,14,17). The zero-order valence-electron chi connectivity index (χ0n) is 11.0. The third-order valence-electron chi connectivity index (χ3n) is 2.63. The van der Waals surface area contributed by atoms with E-state index in [-0.39, 0.29) is 12.5 Å². The summed E-state index contributed by atoms with van der Waals surface area (Å²) in [5.41, 5.74) is 1.45. The summed E-state index contributed by atoms with van der Waals surface area (Å²) in [5.74, 6) is -0.215. The van der Waals surface area contributed by atoms with Crippen molar-refractivity contribution in [3.8, 4) is 10.6 Å². The number of hydrogen-bond donors (Lipinski definition) is 2. The van der Waals surface area contributed by atoms with Crippen LogP contribution in [0.1, 0.15) is 16.9 Å². The third-order valence-corrected chi connectivity index (χ3v) is 4.20. The lowest BCUT2D eigenvalue weighted by molar-refractivity contribution is 0.0587. The number of nitrogens with zero attached hydrogens (tertiary/aromatic N) is 1. The van der Waals surface area contributed by atoms with Gasteiger partial charge in [0, 0.05) is 30.0 Å². The van der Waals surface area contributed by atoms with Crippen LogP contribution in [0.4, 0.5) is 0 Å². The van der Waals surface area contributed by atoms with Gasteiger partial charge in [-0.25, -0.2) is 4.98 Å². The Morgan fingerprint density at radius 3 is 3.10 bits per heavy atom. The van der Waals surface area contributed by atoms with Crippen molar-refractivity contribution in [1.82, 2.24) is 10.3 Å². The summed E-state index contributed by atoms with van der Waals surface area (Å²) in [6.45, 7) is 0.670. The summed E-state index contributed by atoms with van der Waals surface area (Å²) >= 11 is 3.05. The average Bonchev–Trinajstić information content (AvgIpc) is 3.10. The first-order valence-electron chi connectivity index (χ1n) is 6.14. The maximum absolute atomic E-state index is 11.9. The molecule has 1 unspecified atom stereocenters. The molecule has 0 saturated heterocycles. The van der Waals surface area contributed by atoms with Gasteiger partial charge < -0.3 is 15.2 Å². The number of thiazole rings is 1. The van der Waals surface area contributed by atoms with Crippen molar-refractivity contribution in [1.29, 1.82) is 0 Å². The number of hydrogen-bond acceptors (Lipinski definition) is 6. The lowest BCUT2D eigenvalue weighted by Gasteiger charge is -2.09. The molecule has 0 aliphatic carbocycles. The van der Waals surface area contributed by atoms with Crippen LogP contribution in [0, 0.1) is 0 Å². The molecule has 1 amide bonds. The van der Waals surface area contributed by atoms with E-state index >= 15 is 0 Å². The molecule has 2 N–H and O–H groups in total. The molecule has 5 nitrogen and oxygen atoms in total. The first-order chi connectivity index (χ1) is 9.70. The van der Waals surface area contributed by atoms with E-state index in [9.17, 15) is 9.90 Å². The van der Waals surface area contributed by atoms with E-state index in [1.54, 1.807) is 16.7 Å². The van der Waals surface area contributed by atoms with Crippen LogP contribution in [0.5, 0.6) is 0 Å². The quantitative estimate of drug-likeness (QED) is 0.820. The van der Waals surface area contributed by atoms with Crippen LogP contribution in [0.3, 0.4) is 0 Å². The van der Waals surface area contributed by atoms with Gasteiger partial charge in [0.15, 0.2) is 0 Å². The second kappa shape index (κ2) is 7.49. The van der Waals surface area contributed by atoms with Crippen molar-refractivity contribution in [2.24, 2.45) is 0 Å². The molecular formula is C13H16N2O3S2. The molecule has 0 spiro atoms. The Balaban J connectivity index is 1.84. The topological polar surface area (TPSA) is 71.5 Å². The number of thiophene rings is 1. The van der Waals surface area contributed by atoms with E-state index in [4.69, 9.17) is 4.74 Å². The Bertz CT molecular complexity index is 540. The molecule has 20 heavy (non-hydrogen) atoms. The first kappa shape index (κ1) is 15.1. The van der Waals surface area contributed by atoms with Crippen molar-refractivity contribution >= 4 is 28.6 Å². The van der Waals surface area contributed by atoms with Crippen molar-refractivity contribution in [3.05, 3.63) is 27.9 Å². The number of carbonyl (C=O) groups excluding carboxylic acids is 1. The molecule has 2 aromatic rings. The summed E-state index contributed by atoms with van der Waals surface area (Å²) < 4.78 is 4.82. The Morgan fingerprint density at radius 2 is 2.40 bits per heavy atom. The van der Waals surface area contributed by atoms with Gasteiger partial charge in [-0.1, -0.05) is 0 Å². The predicted octanol–water partition coefficient (Wildman–Crippen LogP) is 2.00. The molecule has 1 atom stereocenters. The molecule has 0 saturated carbocycles. The smallest absolute Gasteiger partial charge is 0.270 e. The molecule has 0 aromatic carbocycles. The summed E-state index contributed by atoms with van der Waals surface area (Å²) in [7, 11) is 1.53. The molecule has 2 heterocycles. The largest absolute Gasteiger partial charge is 0.391 e. The van der Waals surface area contributed by atoms with Crippen LogP contribution in [-0.2, 0) is 4.74 Å². The maximum Gasteiger partial charge on any atom is 0.270 e. The van der Waals surface area contributed by atoms with Gasteiger partial charge in [-0.3, -0.25) is 4.79 Å². The van der Waals surface area contributed by atoms with E-state index in [2.05, 4.69) is 10.3 Å². The Morgan fingerprint density at radius 1 is 1.55 bits per heavy atom. The van der Waals surface area contributed by atoms with Gasteiger partial charge in [0.2, 0.25) is 0 Å². The molecule has 2 rings (SSSR count). The molecule has 0 aliphatic heterocycles. The minimum Gasteiger partial charge on any atom is -0.391 e. The maximum atomic E-state index is 11.9. The van der Waals surface area contributed by atoms with Crippen LogP contribution in [-0.4, -0.2) is 42.4 Å². The van der Waals surface area contributed by atoms with E-state index in [0.29, 0.717) is 18.7 Å². The van der Waals surface area contributed by atoms with Gasteiger partial charge in [-0.15, -0.1) is 11.3 Å². The van der Waals surface area contributed by atoms with Crippen molar-refractivity contribution in [2.75, 3.05) is 20.3 Å². The fourth-order valence-electron chi connectivity index (χ4n) is 1.62. The summed E-state index contributed by atoms with van der Waals surface area (Å²) in [6, 6.07) is 1.98. The Hall–Kier alpha value is -1.28. The van der Waals surface area contributed by atoms with Crippen molar-refractivity contribution in [3.63, 3.8) is 0 Å². The van der Waals surface area contributed by atoms with E-state index < -0.39 is 6.10 Å². The number of amides is 1. The SMILES string of the molecule is COCC(O)CCNC(=O)c1csc(-c2ccsc2)n1. The molecule has 0 radical (unpaired) electrons. The second-order valence-electron chi connectivity index (χ2n) is 4.20. The number of aliphatic hydroxyl groups is 1.